The third kappa shape index (κ3) is 5.21. The fourth-order valence-electron chi connectivity index (χ4n) is 0.320. The minimum absolute atomic E-state index is 0.914. The van der Waals surface area contributed by atoms with Crippen molar-refractivity contribution in [2.75, 3.05) is 7.11 Å². The zero-order valence-electron chi connectivity index (χ0n) is 5.13. The van der Waals surface area contributed by atoms with E-state index < -0.39 is 0 Å². The second kappa shape index (κ2) is 6.21. The number of hydrogen-bond acceptors (Lipinski definition) is 2. The Hall–Kier alpha value is -0.790. The van der Waals surface area contributed by atoms with Crippen molar-refractivity contribution in [2.45, 2.75) is 12.8 Å². The summed E-state index contributed by atoms with van der Waals surface area (Å²) >= 11 is 0. The molecule has 0 fully saturated rings. The molecule has 0 bridgehead atoms. The first-order valence-corrected chi connectivity index (χ1v) is 2.57. The lowest BCUT2D eigenvalue weighted by atomic mass is 10.3. The number of rotatable bonds is 4. The first-order chi connectivity index (χ1) is 3.91. The zero-order chi connectivity index (χ0) is 6.24. The largest absolute Gasteiger partial charge is 0.399 e. The Balaban J connectivity index is 2.90. The van der Waals surface area contributed by atoms with Crippen LogP contribution in [-0.4, -0.2) is 13.3 Å². The smallest absolute Gasteiger partial charge is 0.106 e. The van der Waals surface area contributed by atoms with Crippen LogP contribution in [0.3, 0.4) is 0 Å². The van der Waals surface area contributed by atoms with Gasteiger partial charge in [0.25, 0.3) is 0 Å². The van der Waals surface area contributed by atoms with Gasteiger partial charge >= 0.3 is 0 Å². The molecular formula is C6H11NO. The normalized spacial score (nSPS) is 9.62. The molecule has 0 aliphatic rings. The molecule has 0 rings (SSSR count). The molecule has 0 spiro atoms. The number of nitrogens with zero attached hydrogens (tertiary/aromatic N) is 1. The third-order valence-corrected chi connectivity index (χ3v) is 0.680. The van der Waals surface area contributed by atoms with Crippen LogP contribution in [0.4, 0.5) is 0 Å². The summed E-state index contributed by atoms with van der Waals surface area (Å²) in [6.07, 6.45) is 5.45. The molecule has 0 aliphatic heterocycles. The van der Waals surface area contributed by atoms with Gasteiger partial charge in [0.1, 0.15) is 7.11 Å². The summed E-state index contributed by atoms with van der Waals surface area (Å²) in [5, 5.41) is 3.54. The maximum atomic E-state index is 4.42. The molecule has 0 saturated heterocycles. The molecule has 0 amide bonds. The van der Waals surface area contributed by atoms with Gasteiger partial charge in [-0.1, -0.05) is 11.2 Å². The fourth-order valence-corrected chi connectivity index (χ4v) is 0.320. The fraction of sp³-hybridized carbons (Fsp3) is 0.500. The summed E-state index contributed by atoms with van der Waals surface area (Å²) in [6, 6.07) is 0. The molecule has 0 heterocycles. The first kappa shape index (κ1) is 7.21. The molecule has 0 atom stereocenters. The van der Waals surface area contributed by atoms with Crippen molar-refractivity contribution >= 4 is 6.21 Å². The van der Waals surface area contributed by atoms with E-state index in [0.717, 1.165) is 12.8 Å². The van der Waals surface area contributed by atoms with Crippen molar-refractivity contribution in [1.82, 2.24) is 0 Å². The molecule has 2 heteroatoms. The maximum absolute atomic E-state index is 4.42. The van der Waals surface area contributed by atoms with Crippen molar-refractivity contribution in [3.05, 3.63) is 12.7 Å². The average molecular weight is 113 g/mol. The lowest BCUT2D eigenvalue weighted by Crippen LogP contribution is -1.73. The summed E-state index contributed by atoms with van der Waals surface area (Å²) in [5.74, 6) is 0. The zero-order valence-corrected chi connectivity index (χ0v) is 5.13. The van der Waals surface area contributed by atoms with Crippen molar-refractivity contribution in [1.29, 1.82) is 0 Å². The van der Waals surface area contributed by atoms with Crippen LogP contribution >= 0.6 is 0 Å². The molecule has 2 nitrogen and oxygen atoms in total. The standard InChI is InChI=1S/C6H11NO/c1-3-4-5-6-7-8-2/h3,6H,1,4-5H2,2H3. The third-order valence-electron chi connectivity index (χ3n) is 0.680. The average Bonchev–Trinajstić information content (AvgIpc) is 1.81. The minimum Gasteiger partial charge on any atom is -0.399 e. The highest BCUT2D eigenvalue weighted by Crippen LogP contribution is 1.83. The van der Waals surface area contributed by atoms with Crippen LogP contribution in [-0.2, 0) is 4.84 Å². The number of oxime groups is 1. The Kier molecular flexibility index (Phi) is 5.60. The highest BCUT2D eigenvalue weighted by atomic mass is 16.6. The van der Waals surface area contributed by atoms with Crippen molar-refractivity contribution in [3.63, 3.8) is 0 Å². The molecule has 0 aromatic carbocycles. The molecule has 0 radical (unpaired) electrons. The van der Waals surface area contributed by atoms with Crippen LogP contribution < -0.4 is 0 Å². The van der Waals surface area contributed by atoms with Crippen LogP contribution in [0.2, 0.25) is 0 Å². The van der Waals surface area contributed by atoms with Crippen LogP contribution in [0.5, 0.6) is 0 Å². The van der Waals surface area contributed by atoms with Crippen molar-refractivity contribution in [2.24, 2.45) is 5.16 Å². The van der Waals surface area contributed by atoms with E-state index in [0.29, 0.717) is 0 Å². The molecule has 0 saturated carbocycles. The molecule has 46 valence electrons. The monoisotopic (exact) mass is 113 g/mol. The molecular weight excluding hydrogens is 102 g/mol. The Morgan fingerprint density at radius 3 is 2.88 bits per heavy atom. The first-order valence-electron chi connectivity index (χ1n) is 2.57. The predicted molar refractivity (Wildman–Crippen MR) is 34.9 cm³/mol. The highest BCUT2D eigenvalue weighted by Gasteiger charge is 1.72. The van der Waals surface area contributed by atoms with E-state index in [1.165, 1.54) is 7.11 Å². The summed E-state index contributed by atoms with van der Waals surface area (Å²) in [5.41, 5.74) is 0. The van der Waals surface area contributed by atoms with Gasteiger partial charge in [-0.3, -0.25) is 0 Å². The van der Waals surface area contributed by atoms with E-state index in [1.54, 1.807) is 6.21 Å². The summed E-state index contributed by atoms with van der Waals surface area (Å²) in [7, 11) is 1.53. The Labute approximate surface area is 49.8 Å². The van der Waals surface area contributed by atoms with Crippen LogP contribution in [0, 0.1) is 0 Å². The Morgan fingerprint density at radius 2 is 2.38 bits per heavy atom. The second-order valence-corrected chi connectivity index (χ2v) is 1.34. The topological polar surface area (TPSA) is 21.6 Å². The number of hydrogen-bond donors (Lipinski definition) is 0. The second-order valence-electron chi connectivity index (χ2n) is 1.34. The summed E-state index contributed by atoms with van der Waals surface area (Å²) in [4.78, 5) is 4.42. The predicted octanol–water partition coefficient (Wildman–Crippen LogP) is 1.58. The highest BCUT2D eigenvalue weighted by molar-refractivity contribution is 5.56. The SMILES string of the molecule is C=CCCC=NOC. The van der Waals surface area contributed by atoms with Crippen LogP contribution in [0.15, 0.2) is 17.8 Å². The van der Waals surface area contributed by atoms with E-state index in [1.807, 2.05) is 6.08 Å². The molecule has 0 aromatic rings. The van der Waals surface area contributed by atoms with Crippen molar-refractivity contribution < 1.29 is 4.84 Å². The lowest BCUT2D eigenvalue weighted by Gasteiger charge is -1.83. The van der Waals surface area contributed by atoms with Gasteiger partial charge in [-0.2, -0.15) is 0 Å². The van der Waals surface area contributed by atoms with Crippen LogP contribution in [0.25, 0.3) is 0 Å². The molecule has 0 N–H and O–H groups in total. The van der Waals surface area contributed by atoms with E-state index in [4.69, 9.17) is 0 Å². The van der Waals surface area contributed by atoms with Gasteiger partial charge in [0.05, 0.1) is 0 Å². The maximum Gasteiger partial charge on any atom is 0.106 e. The van der Waals surface area contributed by atoms with E-state index in [9.17, 15) is 0 Å². The molecule has 0 aliphatic carbocycles. The van der Waals surface area contributed by atoms with Crippen LogP contribution in [0.1, 0.15) is 12.8 Å². The van der Waals surface area contributed by atoms with Gasteiger partial charge in [0.2, 0.25) is 0 Å². The van der Waals surface area contributed by atoms with E-state index in [-0.39, 0.29) is 0 Å². The van der Waals surface area contributed by atoms with Crippen molar-refractivity contribution in [3.8, 4) is 0 Å². The Morgan fingerprint density at radius 1 is 1.62 bits per heavy atom. The van der Waals surface area contributed by atoms with Gasteiger partial charge in [0.15, 0.2) is 0 Å². The number of unbranched alkanes of at least 4 members (excludes halogenated alkanes) is 1. The van der Waals surface area contributed by atoms with Gasteiger partial charge in [-0.25, -0.2) is 0 Å². The summed E-state index contributed by atoms with van der Waals surface area (Å²) in [6.45, 7) is 3.56. The van der Waals surface area contributed by atoms with Gasteiger partial charge in [0, 0.05) is 6.21 Å². The van der Waals surface area contributed by atoms with E-state index in [2.05, 4.69) is 16.6 Å². The number of allylic oxidation sites excluding steroid dienone is 1. The van der Waals surface area contributed by atoms with Gasteiger partial charge in [-0.15, -0.1) is 6.58 Å². The Bertz CT molecular complexity index is 78.6. The quantitative estimate of drug-likeness (QED) is 0.235. The molecule has 0 unspecified atom stereocenters. The summed E-state index contributed by atoms with van der Waals surface area (Å²) < 4.78 is 0. The molecule has 8 heavy (non-hydrogen) atoms. The lowest BCUT2D eigenvalue weighted by molar-refractivity contribution is 0.214. The van der Waals surface area contributed by atoms with Gasteiger partial charge < -0.3 is 4.84 Å². The van der Waals surface area contributed by atoms with Gasteiger partial charge in [-0.05, 0) is 12.8 Å². The molecule has 0 aromatic heterocycles. The minimum atomic E-state index is 0.914. The van der Waals surface area contributed by atoms with E-state index >= 15 is 0 Å².